The molecule has 0 aliphatic carbocycles. The minimum absolute atomic E-state index is 0.0526. The van der Waals surface area contributed by atoms with Crippen molar-refractivity contribution < 1.29 is 23.9 Å². The minimum atomic E-state index is -0.193. The predicted octanol–water partition coefficient (Wildman–Crippen LogP) is 17.3. The molecule has 0 rings (SSSR count). The molecule has 0 bridgehead atoms. The number of unbranched alkanes of at least 4 members (excludes halogenated alkanes) is 24. The quantitative estimate of drug-likeness (QED) is 0.0344. The zero-order valence-corrected chi connectivity index (χ0v) is 45.4. The van der Waals surface area contributed by atoms with Crippen LogP contribution in [0.5, 0.6) is 0 Å². The summed E-state index contributed by atoms with van der Waals surface area (Å²) in [5, 5.41) is 0. The molecular formula is C59H114N2O5. The summed E-state index contributed by atoms with van der Waals surface area (Å²) in [6, 6.07) is 0.261. The van der Waals surface area contributed by atoms with Gasteiger partial charge in [0.2, 0.25) is 5.91 Å². The third-order valence-electron chi connectivity index (χ3n) is 13.9. The molecule has 1 amide bonds. The van der Waals surface area contributed by atoms with E-state index in [0.717, 1.165) is 90.1 Å². The van der Waals surface area contributed by atoms with Gasteiger partial charge in [0.1, 0.15) is 0 Å². The Kier molecular flexibility index (Phi) is 48.1. The molecule has 7 heteroatoms. The van der Waals surface area contributed by atoms with E-state index in [9.17, 15) is 14.4 Å². The Labute approximate surface area is 411 Å². The fourth-order valence-corrected chi connectivity index (χ4v) is 9.48. The summed E-state index contributed by atoms with van der Waals surface area (Å²) < 4.78 is 11.6. The first-order chi connectivity index (χ1) is 32.2. The highest BCUT2D eigenvalue weighted by Crippen LogP contribution is 2.23. The van der Waals surface area contributed by atoms with Gasteiger partial charge in [-0.2, -0.15) is 0 Å². The van der Waals surface area contributed by atoms with Gasteiger partial charge in [-0.25, -0.2) is 4.79 Å². The average molecular weight is 932 g/mol. The van der Waals surface area contributed by atoms with Gasteiger partial charge in [0.05, 0.1) is 13.2 Å². The van der Waals surface area contributed by atoms with E-state index >= 15 is 0 Å². The molecule has 0 aromatic rings. The van der Waals surface area contributed by atoms with Crippen LogP contribution in [-0.2, 0) is 23.9 Å². The van der Waals surface area contributed by atoms with Crippen LogP contribution in [0.25, 0.3) is 0 Å². The second kappa shape index (κ2) is 49.5. The lowest BCUT2D eigenvalue weighted by Gasteiger charge is -2.33. The molecule has 0 aromatic heterocycles. The van der Waals surface area contributed by atoms with E-state index in [1.807, 2.05) is 6.08 Å². The lowest BCUT2D eigenvalue weighted by atomic mass is 9.95. The summed E-state index contributed by atoms with van der Waals surface area (Å²) in [6.45, 7) is 14.2. The van der Waals surface area contributed by atoms with Gasteiger partial charge in [-0.05, 0) is 103 Å². The largest absolute Gasteiger partial charge is 0.465 e. The lowest BCUT2D eigenvalue weighted by Crippen LogP contribution is -2.41. The Morgan fingerprint density at radius 2 is 0.833 bits per heavy atom. The number of carbonyl (C=O) groups is 3. The Hall–Kier alpha value is -1.89. The molecule has 390 valence electrons. The Bertz CT molecular complexity index is 1090. The van der Waals surface area contributed by atoms with Gasteiger partial charge in [0.25, 0.3) is 0 Å². The Morgan fingerprint density at radius 3 is 1.35 bits per heavy atom. The SMILES string of the molecule is CCCCCCCCCCC(CCCCC=CC(=O)OCC(CCCCCC)CCCCCCCC)N(CCCN(C)C)C(=O)CCCCCCC(=O)OCC(CCCC)CCCCCC. The molecule has 3 unspecified atom stereocenters. The van der Waals surface area contributed by atoms with Gasteiger partial charge in [0, 0.05) is 31.5 Å². The van der Waals surface area contributed by atoms with E-state index in [0.29, 0.717) is 43.8 Å². The molecule has 0 aliphatic rings. The highest BCUT2D eigenvalue weighted by Gasteiger charge is 2.23. The van der Waals surface area contributed by atoms with Crippen molar-refractivity contribution in [3.63, 3.8) is 0 Å². The molecule has 0 saturated carbocycles. The van der Waals surface area contributed by atoms with E-state index in [4.69, 9.17) is 9.47 Å². The van der Waals surface area contributed by atoms with Crippen molar-refractivity contribution >= 4 is 17.8 Å². The topological polar surface area (TPSA) is 76.2 Å². The molecule has 66 heavy (non-hydrogen) atoms. The first-order valence-electron chi connectivity index (χ1n) is 29.1. The summed E-state index contributed by atoms with van der Waals surface area (Å²) in [7, 11) is 4.23. The number of amides is 1. The van der Waals surface area contributed by atoms with Crippen LogP contribution in [0, 0.1) is 11.8 Å². The Balaban J connectivity index is 5.22. The van der Waals surface area contributed by atoms with Crippen molar-refractivity contribution in [1.29, 1.82) is 0 Å². The van der Waals surface area contributed by atoms with Crippen molar-refractivity contribution in [2.24, 2.45) is 11.8 Å². The Morgan fingerprint density at radius 1 is 0.424 bits per heavy atom. The summed E-state index contributed by atoms with van der Waals surface area (Å²) in [5.41, 5.74) is 0. The van der Waals surface area contributed by atoms with Crippen molar-refractivity contribution in [2.75, 3.05) is 40.4 Å². The second-order valence-electron chi connectivity index (χ2n) is 20.7. The summed E-state index contributed by atoms with van der Waals surface area (Å²) in [5.74, 6) is 1.03. The number of hydrogen-bond donors (Lipinski definition) is 0. The zero-order valence-electron chi connectivity index (χ0n) is 45.4. The summed E-state index contributed by atoms with van der Waals surface area (Å²) in [6.07, 6.45) is 49.7. The van der Waals surface area contributed by atoms with Crippen LogP contribution in [0.3, 0.4) is 0 Å². The number of ether oxygens (including phenoxy) is 2. The number of allylic oxidation sites excluding steroid dienone is 1. The summed E-state index contributed by atoms with van der Waals surface area (Å²) >= 11 is 0. The highest BCUT2D eigenvalue weighted by atomic mass is 16.5. The van der Waals surface area contributed by atoms with Crippen LogP contribution in [0.4, 0.5) is 0 Å². The van der Waals surface area contributed by atoms with Crippen LogP contribution in [-0.4, -0.2) is 74.1 Å². The fourth-order valence-electron chi connectivity index (χ4n) is 9.48. The molecule has 7 nitrogen and oxygen atoms in total. The number of hydrogen-bond acceptors (Lipinski definition) is 6. The highest BCUT2D eigenvalue weighted by molar-refractivity contribution is 5.81. The second-order valence-corrected chi connectivity index (χ2v) is 20.7. The molecule has 3 atom stereocenters. The van der Waals surface area contributed by atoms with Crippen LogP contribution >= 0.6 is 0 Å². The van der Waals surface area contributed by atoms with E-state index in [2.05, 4.69) is 58.5 Å². The van der Waals surface area contributed by atoms with Crippen LogP contribution in [0.2, 0.25) is 0 Å². The van der Waals surface area contributed by atoms with Crippen LogP contribution < -0.4 is 0 Å². The van der Waals surface area contributed by atoms with E-state index in [1.54, 1.807) is 6.08 Å². The molecule has 0 spiro atoms. The number of rotatable bonds is 51. The van der Waals surface area contributed by atoms with Crippen molar-refractivity contribution in [1.82, 2.24) is 9.80 Å². The standard InChI is InChI=1S/C59H114N2O5/c1-8-13-18-22-24-25-27-35-45-56(46-36-28-30-38-48-59(64)66-53-55(43-33-21-16-11-4)44-34-26-23-19-14-9-2)61(51-40-50-60(6)7)57(62)47-37-29-31-39-49-58(63)65-52-54(41-17-12-5)42-32-20-15-10-3/h38,48,54-56H,8-37,39-47,49-53H2,1-7H3. The van der Waals surface area contributed by atoms with Gasteiger partial charge in [-0.15, -0.1) is 0 Å². The van der Waals surface area contributed by atoms with Gasteiger partial charge >= 0.3 is 11.9 Å². The maximum absolute atomic E-state index is 14.1. The first kappa shape index (κ1) is 64.1. The van der Waals surface area contributed by atoms with E-state index < -0.39 is 0 Å². The smallest absolute Gasteiger partial charge is 0.330 e. The predicted molar refractivity (Wildman–Crippen MR) is 285 cm³/mol. The number of carbonyl (C=O) groups excluding carboxylic acids is 3. The van der Waals surface area contributed by atoms with Crippen molar-refractivity contribution in [3.8, 4) is 0 Å². The van der Waals surface area contributed by atoms with Gasteiger partial charge < -0.3 is 19.3 Å². The van der Waals surface area contributed by atoms with Crippen molar-refractivity contribution in [3.05, 3.63) is 12.2 Å². The first-order valence-corrected chi connectivity index (χ1v) is 29.1. The third-order valence-corrected chi connectivity index (χ3v) is 13.9. The zero-order chi connectivity index (χ0) is 48.6. The van der Waals surface area contributed by atoms with Crippen LogP contribution in [0.15, 0.2) is 12.2 Å². The van der Waals surface area contributed by atoms with Gasteiger partial charge in [-0.3, -0.25) is 9.59 Å². The fraction of sp³-hybridized carbons (Fsp3) is 0.915. The molecule has 0 N–H and O–H groups in total. The van der Waals surface area contributed by atoms with Gasteiger partial charge in [-0.1, -0.05) is 214 Å². The molecule has 0 saturated heterocycles. The number of nitrogens with zero attached hydrogens (tertiary/aromatic N) is 2. The third kappa shape index (κ3) is 42.2. The molecule has 0 heterocycles. The van der Waals surface area contributed by atoms with Crippen LogP contribution in [0.1, 0.15) is 291 Å². The maximum Gasteiger partial charge on any atom is 0.330 e. The minimum Gasteiger partial charge on any atom is -0.465 e. The molecular weight excluding hydrogens is 817 g/mol. The lowest BCUT2D eigenvalue weighted by molar-refractivity contribution is -0.145. The molecule has 0 radical (unpaired) electrons. The van der Waals surface area contributed by atoms with E-state index in [-0.39, 0.29) is 18.0 Å². The normalized spacial score (nSPS) is 13.1. The van der Waals surface area contributed by atoms with E-state index in [1.165, 1.54) is 167 Å². The monoisotopic (exact) mass is 931 g/mol. The molecule has 0 aliphatic heterocycles. The van der Waals surface area contributed by atoms with Crippen molar-refractivity contribution in [2.45, 2.75) is 297 Å². The average Bonchev–Trinajstić information content (AvgIpc) is 3.30. The molecule has 0 aromatic carbocycles. The summed E-state index contributed by atoms with van der Waals surface area (Å²) in [4.78, 5) is 44.0. The number of esters is 2. The maximum atomic E-state index is 14.1. The van der Waals surface area contributed by atoms with Gasteiger partial charge in [0.15, 0.2) is 0 Å². The molecule has 0 fully saturated rings.